The van der Waals surface area contributed by atoms with Crippen LogP contribution in [0, 0.1) is 5.92 Å². The van der Waals surface area contributed by atoms with Crippen LogP contribution >= 0.6 is 0 Å². The Labute approximate surface area is 151 Å². The van der Waals surface area contributed by atoms with Gasteiger partial charge in [-0.25, -0.2) is 4.79 Å². The number of piperidine rings is 1. The molecule has 1 aromatic heterocycles. The number of amides is 2. The van der Waals surface area contributed by atoms with Crippen LogP contribution in [0.2, 0.25) is 0 Å². The van der Waals surface area contributed by atoms with Crippen LogP contribution in [-0.2, 0) is 11.8 Å². The normalized spacial score (nSPS) is 17.3. The summed E-state index contributed by atoms with van der Waals surface area (Å²) < 4.78 is 1.51. The van der Waals surface area contributed by atoms with E-state index >= 15 is 0 Å². The molecule has 1 atom stereocenters. The van der Waals surface area contributed by atoms with Crippen LogP contribution in [0.1, 0.15) is 25.7 Å². The van der Waals surface area contributed by atoms with Gasteiger partial charge in [0.2, 0.25) is 0 Å². The van der Waals surface area contributed by atoms with Gasteiger partial charge in [-0.3, -0.25) is 9.59 Å². The molecule has 1 fully saturated rings. The van der Waals surface area contributed by atoms with E-state index in [-0.39, 0.29) is 23.9 Å². The van der Waals surface area contributed by atoms with Crippen molar-refractivity contribution in [3.63, 3.8) is 0 Å². The maximum atomic E-state index is 12.6. The largest absolute Gasteiger partial charge is 0.481 e. The first kappa shape index (κ1) is 18.0. The Balaban J connectivity index is 1.69. The predicted octanol–water partition coefficient (Wildman–Crippen LogP) is 2.65. The highest BCUT2D eigenvalue weighted by Crippen LogP contribution is 2.22. The molecule has 1 unspecified atom stereocenters. The lowest BCUT2D eigenvalue weighted by atomic mass is 9.93. The molecular weight excluding hydrogens is 334 g/mol. The number of rotatable bonds is 4. The van der Waals surface area contributed by atoms with Gasteiger partial charge < -0.3 is 19.9 Å². The highest BCUT2D eigenvalue weighted by molar-refractivity contribution is 5.93. The zero-order valence-corrected chi connectivity index (χ0v) is 14.8. The Morgan fingerprint density at radius 1 is 1.31 bits per heavy atom. The standard InChI is InChI=1S/C19H23N3O4/c1-21-10-8-14-5-6-15(11-16(14)18(21)25)20-19(26)22-9-2-3-13(12-22)4-7-17(23)24/h5-6,8,10-11,13H,2-4,7,9,12H2,1H3,(H,20,26)(H,23,24). The summed E-state index contributed by atoms with van der Waals surface area (Å²) in [5, 5.41) is 13.1. The third-order valence-electron chi connectivity index (χ3n) is 4.91. The molecule has 138 valence electrons. The molecule has 0 spiro atoms. The van der Waals surface area contributed by atoms with Crippen molar-refractivity contribution < 1.29 is 14.7 Å². The zero-order valence-electron chi connectivity index (χ0n) is 14.8. The number of benzene rings is 1. The van der Waals surface area contributed by atoms with Crippen LogP contribution in [-0.4, -0.2) is 39.7 Å². The van der Waals surface area contributed by atoms with Crippen LogP contribution in [0.15, 0.2) is 35.3 Å². The van der Waals surface area contributed by atoms with E-state index in [2.05, 4.69) is 5.32 Å². The summed E-state index contributed by atoms with van der Waals surface area (Å²) >= 11 is 0. The SMILES string of the molecule is Cn1ccc2ccc(NC(=O)N3CCCC(CCC(=O)O)C3)cc2c1=O. The number of carbonyl (C=O) groups is 2. The smallest absolute Gasteiger partial charge is 0.321 e. The van der Waals surface area contributed by atoms with Crippen molar-refractivity contribution in [2.24, 2.45) is 13.0 Å². The monoisotopic (exact) mass is 357 g/mol. The quantitative estimate of drug-likeness (QED) is 0.880. The van der Waals surface area contributed by atoms with E-state index < -0.39 is 5.97 Å². The number of carboxylic acids is 1. The Kier molecular flexibility index (Phi) is 5.25. The minimum absolute atomic E-state index is 0.106. The summed E-state index contributed by atoms with van der Waals surface area (Å²) in [5.74, 6) is -0.584. The molecule has 1 aliphatic rings. The van der Waals surface area contributed by atoms with Gasteiger partial charge in [0, 0.05) is 43.8 Å². The number of carbonyl (C=O) groups excluding carboxylic acids is 1. The molecular formula is C19H23N3O4. The lowest BCUT2D eigenvalue weighted by Gasteiger charge is -2.32. The molecule has 26 heavy (non-hydrogen) atoms. The van der Waals surface area contributed by atoms with Crippen LogP contribution < -0.4 is 10.9 Å². The van der Waals surface area contributed by atoms with Gasteiger partial charge in [0.15, 0.2) is 0 Å². The molecule has 1 aromatic carbocycles. The first-order chi connectivity index (χ1) is 12.4. The number of anilines is 1. The average Bonchev–Trinajstić information content (AvgIpc) is 2.63. The average molecular weight is 357 g/mol. The predicted molar refractivity (Wildman–Crippen MR) is 99.4 cm³/mol. The van der Waals surface area contributed by atoms with E-state index in [4.69, 9.17) is 5.11 Å². The number of aliphatic carboxylic acids is 1. The number of urea groups is 1. The highest BCUT2D eigenvalue weighted by atomic mass is 16.4. The van der Waals surface area contributed by atoms with E-state index in [0.29, 0.717) is 30.6 Å². The van der Waals surface area contributed by atoms with Crippen molar-refractivity contribution in [1.82, 2.24) is 9.47 Å². The third kappa shape index (κ3) is 4.04. The molecule has 2 N–H and O–H groups in total. The van der Waals surface area contributed by atoms with E-state index in [9.17, 15) is 14.4 Å². The number of nitrogens with zero attached hydrogens (tertiary/aromatic N) is 2. The van der Waals surface area contributed by atoms with Gasteiger partial charge >= 0.3 is 12.0 Å². The molecule has 7 heteroatoms. The lowest BCUT2D eigenvalue weighted by Crippen LogP contribution is -2.42. The Morgan fingerprint density at radius 3 is 2.88 bits per heavy atom. The maximum absolute atomic E-state index is 12.6. The number of likely N-dealkylation sites (tertiary alicyclic amines) is 1. The number of nitrogens with one attached hydrogen (secondary N) is 1. The Bertz CT molecular complexity index is 890. The molecule has 0 bridgehead atoms. The van der Waals surface area contributed by atoms with Gasteiger partial charge in [0.25, 0.3) is 5.56 Å². The topological polar surface area (TPSA) is 91.6 Å². The molecule has 1 aliphatic heterocycles. The van der Waals surface area contributed by atoms with E-state index in [0.717, 1.165) is 18.2 Å². The van der Waals surface area contributed by atoms with Crippen LogP contribution in [0.3, 0.4) is 0 Å². The first-order valence-corrected chi connectivity index (χ1v) is 8.81. The van der Waals surface area contributed by atoms with Crippen LogP contribution in [0.5, 0.6) is 0 Å². The molecule has 2 aromatic rings. The summed E-state index contributed by atoms with van der Waals surface area (Å²) in [7, 11) is 1.69. The maximum Gasteiger partial charge on any atom is 0.321 e. The minimum atomic E-state index is -0.802. The number of aryl methyl sites for hydroxylation is 1. The number of pyridine rings is 1. The summed E-state index contributed by atoms with van der Waals surface area (Å²) in [6.07, 6.45) is 4.26. The molecule has 7 nitrogen and oxygen atoms in total. The fraction of sp³-hybridized carbons (Fsp3) is 0.421. The van der Waals surface area contributed by atoms with E-state index in [1.54, 1.807) is 30.3 Å². The van der Waals surface area contributed by atoms with Gasteiger partial charge in [0.1, 0.15) is 0 Å². The van der Waals surface area contributed by atoms with Crippen LogP contribution in [0.25, 0.3) is 10.8 Å². The Hall–Kier alpha value is -2.83. The van der Waals surface area contributed by atoms with Crippen molar-refractivity contribution in [1.29, 1.82) is 0 Å². The van der Waals surface area contributed by atoms with Crippen molar-refractivity contribution >= 4 is 28.5 Å². The fourth-order valence-corrected chi connectivity index (χ4v) is 3.43. The highest BCUT2D eigenvalue weighted by Gasteiger charge is 2.24. The molecule has 1 saturated heterocycles. The van der Waals surface area contributed by atoms with Crippen molar-refractivity contribution in [2.45, 2.75) is 25.7 Å². The number of aromatic nitrogens is 1. The molecule has 0 aliphatic carbocycles. The van der Waals surface area contributed by atoms with Gasteiger partial charge in [0.05, 0.1) is 0 Å². The summed E-state index contributed by atoms with van der Waals surface area (Å²) in [4.78, 5) is 37.2. The molecule has 2 amide bonds. The second-order valence-electron chi connectivity index (χ2n) is 6.85. The minimum Gasteiger partial charge on any atom is -0.481 e. The van der Waals surface area contributed by atoms with Crippen molar-refractivity contribution in [2.75, 3.05) is 18.4 Å². The molecule has 3 rings (SSSR count). The number of hydrogen-bond donors (Lipinski definition) is 2. The van der Waals surface area contributed by atoms with E-state index in [1.165, 1.54) is 4.57 Å². The molecule has 0 saturated carbocycles. The summed E-state index contributed by atoms with van der Waals surface area (Å²) in [5.41, 5.74) is 0.476. The lowest BCUT2D eigenvalue weighted by molar-refractivity contribution is -0.137. The van der Waals surface area contributed by atoms with Gasteiger partial charge in [-0.1, -0.05) is 6.07 Å². The number of hydrogen-bond acceptors (Lipinski definition) is 3. The Morgan fingerprint density at radius 2 is 2.12 bits per heavy atom. The number of carboxylic acid groups (broad SMARTS) is 1. The van der Waals surface area contributed by atoms with Crippen molar-refractivity contribution in [3.8, 4) is 0 Å². The first-order valence-electron chi connectivity index (χ1n) is 8.81. The van der Waals surface area contributed by atoms with E-state index in [1.807, 2.05) is 12.1 Å². The molecule has 2 heterocycles. The third-order valence-corrected chi connectivity index (χ3v) is 4.91. The fourth-order valence-electron chi connectivity index (χ4n) is 3.43. The van der Waals surface area contributed by atoms with Gasteiger partial charge in [-0.2, -0.15) is 0 Å². The second-order valence-corrected chi connectivity index (χ2v) is 6.85. The second kappa shape index (κ2) is 7.59. The summed E-state index contributed by atoms with van der Waals surface area (Å²) in [6, 6.07) is 6.95. The number of fused-ring (bicyclic) bond motifs is 1. The van der Waals surface area contributed by atoms with Crippen molar-refractivity contribution in [3.05, 3.63) is 40.8 Å². The summed E-state index contributed by atoms with van der Waals surface area (Å²) in [6.45, 7) is 1.22. The molecule has 0 radical (unpaired) electrons. The van der Waals surface area contributed by atoms with Crippen LogP contribution in [0.4, 0.5) is 10.5 Å². The zero-order chi connectivity index (χ0) is 18.7. The van der Waals surface area contributed by atoms with Gasteiger partial charge in [-0.15, -0.1) is 0 Å². The van der Waals surface area contributed by atoms with Gasteiger partial charge in [-0.05, 0) is 48.8 Å².